The highest BCUT2D eigenvalue weighted by atomic mass is 19.1. The van der Waals surface area contributed by atoms with Gasteiger partial charge >= 0.3 is 0 Å². The summed E-state index contributed by atoms with van der Waals surface area (Å²) >= 11 is 0. The van der Waals surface area contributed by atoms with Crippen LogP contribution in [0.15, 0.2) is 24.3 Å². The van der Waals surface area contributed by atoms with E-state index in [-0.39, 0.29) is 5.82 Å². The number of alkyl halides is 1. The number of halogens is 1. The third-order valence-corrected chi connectivity index (χ3v) is 2.37. The Morgan fingerprint density at radius 2 is 1.94 bits per heavy atom. The molecule has 0 radical (unpaired) electrons. The van der Waals surface area contributed by atoms with Gasteiger partial charge in [-0.3, -0.25) is 0 Å². The van der Waals surface area contributed by atoms with Gasteiger partial charge in [-0.15, -0.1) is 0 Å². The number of hydrogen-bond donors (Lipinski definition) is 1. The summed E-state index contributed by atoms with van der Waals surface area (Å²) in [4.78, 5) is 7.04. The van der Waals surface area contributed by atoms with Gasteiger partial charge in [0.2, 0.25) is 6.17 Å². The Morgan fingerprint density at radius 3 is 2.56 bits per heavy atom. The molecular formula is C11H13FN2O2. The van der Waals surface area contributed by atoms with E-state index in [9.17, 15) is 4.39 Å². The molecule has 0 bridgehead atoms. The number of para-hydroxylation sites is 2. The van der Waals surface area contributed by atoms with Crippen LogP contribution in [-0.2, 0) is 9.47 Å². The van der Waals surface area contributed by atoms with Gasteiger partial charge in [0.15, 0.2) is 6.29 Å². The van der Waals surface area contributed by atoms with Gasteiger partial charge in [0, 0.05) is 14.2 Å². The lowest BCUT2D eigenvalue weighted by atomic mass is 10.3. The quantitative estimate of drug-likeness (QED) is 0.810. The van der Waals surface area contributed by atoms with E-state index in [0.29, 0.717) is 0 Å². The van der Waals surface area contributed by atoms with Crippen LogP contribution in [0.3, 0.4) is 0 Å². The summed E-state index contributed by atoms with van der Waals surface area (Å²) in [5.74, 6) is 0.218. The zero-order chi connectivity index (χ0) is 11.5. The first-order valence-electron chi connectivity index (χ1n) is 4.90. The van der Waals surface area contributed by atoms with Crippen molar-refractivity contribution in [2.75, 3.05) is 14.2 Å². The van der Waals surface area contributed by atoms with E-state index < -0.39 is 12.5 Å². The van der Waals surface area contributed by atoms with Gasteiger partial charge in [0.25, 0.3) is 0 Å². The number of hydrogen-bond acceptors (Lipinski definition) is 3. The SMILES string of the molecule is COC(OC)[C@H](F)c1nc2ccccc2[nH]1. The molecule has 1 atom stereocenters. The fourth-order valence-electron chi connectivity index (χ4n) is 1.57. The number of aromatic nitrogens is 2. The number of methoxy groups -OCH3 is 2. The molecular weight excluding hydrogens is 211 g/mol. The minimum absolute atomic E-state index is 0.218. The normalized spacial score (nSPS) is 13.5. The number of nitrogens with one attached hydrogen (secondary N) is 1. The summed E-state index contributed by atoms with van der Waals surface area (Å²) in [6.45, 7) is 0. The maximum Gasteiger partial charge on any atom is 0.208 e. The Hall–Kier alpha value is -1.46. The number of aromatic amines is 1. The number of imidazole rings is 1. The van der Waals surface area contributed by atoms with E-state index in [0.717, 1.165) is 11.0 Å². The molecule has 0 saturated carbocycles. The van der Waals surface area contributed by atoms with Crippen LogP contribution in [0.5, 0.6) is 0 Å². The highest BCUT2D eigenvalue weighted by Crippen LogP contribution is 2.23. The van der Waals surface area contributed by atoms with Crippen LogP contribution in [-0.4, -0.2) is 30.5 Å². The van der Waals surface area contributed by atoms with Crippen molar-refractivity contribution < 1.29 is 13.9 Å². The standard InChI is InChI=1S/C11H13FN2O2/c1-15-11(16-2)9(12)10-13-7-5-3-4-6-8(7)14-10/h3-6,9,11H,1-2H3,(H,13,14)/t9-/m1/s1. The average molecular weight is 224 g/mol. The lowest BCUT2D eigenvalue weighted by Crippen LogP contribution is -2.20. The molecule has 1 aromatic carbocycles. The molecule has 16 heavy (non-hydrogen) atoms. The van der Waals surface area contributed by atoms with Gasteiger partial charge in [-0.2, -0.15) is 0 Å². The second-order valence-corrected chi connectivity index (χ2v) is 3.38. The first-order valence-corrected chi connectivity index (χ1v) is 4.90. The topological polar surface area (TPSA) is 47.1 Å². The Bertz CT molecular complexity index is 435. The maximum atomic E-state index is 13.9. The number of rotatable bonds is 4. The highest BCUT2D eigenvalue weighted by molar-refractivity contribution is 5.74. The molecule has 4 nitrogen and oxygen atoms in total. The lowest BCUT2D eigenvalue weighted by Gasteiger charge is -2.15. The van der Waals surface area contributed by atoms with Gasteiger partial charge in [0.1, 0.15) is 5.82 Å². The minimum Gasteiger partial charge on any atom is -0.353 e. The first kappa shape index (κ1) is 11.0. The van der Waals surface area contributed by atoms with Gasteiger partial charge in [-0.25, -0.2) is 9.37 Å². The summed E-state index contributed by atoms with van der Waals surface area (Å²) in [6.07, 6.45) is -2.37. The molecule has 1 N–H and O–H groups in total. The number of fused-ring (bicyclic) bond motifs is 1. The van der Waals surface area contributed by atoms with E-state index in [2.05, 4.69) is 9.97 Å². The fraction of sp³-hybridized carbons (Fsp3) is 0.364. The summed E-state index contributed by atoms with van der Waals surface area (Å²) in [7, 11) is 2.78. The van der Waals surface area contributed by atoms with Crippen LogP contribution >= 0.6 is 0 Å². The molecule has 0 amide bonds. The molecule has 0 fully saturated rings. The van der Waals surface area contributed by atoms with Crippen molar-refractivity contribution in [2.45, 2.75) is 12.5 Å². The average Bonchev–Trinajstić information content (AvgIpc) is 2.74. The molecule has 0 aliphatic rings. The molecule has 0 spiro atoms. The Kier molecular flexibility index (Phi) is 3.17. The monoisotopic (exact) mass is 224 g/mol. The van der Waals surface area contributed by atoms with Gasteiger partial charge in [0.05, 0.1) is 11.0 Å². The van der Waals surface area contributed by atoms with Crippen LogP contribution in [0.25, 0.3) is 11.0 Å². The van der Waals surface area contributed by atoms with Crippen molar-refractivity contribution in [1.29, 1.82) is 0 Å². The summed E-state index contributed by atoms with van der Waals surface area (Å²) < 4.78 is 23.6. The molecule has 86 valence electrons. The zero-order valence-electron chi connectivity index (χ0n) is 9.11. The predicted octanol–water partition coefficient (Wildman–Crippen LogP) is 2.19. The van der Waals surface area contributed by atoms with Crippen molar-refractivity contribution in [3.05, 3.63) is 30.1 Å². The van der Waals surface area contributed by atoms with Crippen molar-refractivity contribution in [2.24, 2.45) is 0 Å². The third-order valence-electron chi connectivity index (χ3n) is 2.37. The highest BCUT2D eigenvalue weighted by Gasteiger charge is 2.25. The number of nitrogens with zero attached hydrogens (tertiary/aromatic N) is 1. The second-order valence-electron chi connectivity index (χ2n) is 3.38. The van der Waals surface area contributed by atoms with Crippen LogP contribution in [0.4, 0.5) is 4.39 Å². The van der Waals surface area contributed by atoms with E-state index in [4.69, 9.17) is 9.47 Å². The molecule has 0 aliphatic carbocycles. The van der Waals surface area contributed by atoms with Gasteiger partial charge in [-0.1, -0.05) is 12.1 Å². The second kappa shape index (κ2) is 4.59. The smallest absolute Gasteiger partial charge is 0.208 e. The summed E-state index contributed by atoms with van der Waals surface area (Å²) in [5.41, 5.74) is 1.53. The van der Waals surface area contributed by atoms with Crippen LogP contribution in [0.1, 0.15) is 12.0 Å². The van der Waals surface area contributed by atoms with Gasteiger partial charge in [-0.05, 0) is 12.1 Å². The Labute approximate surface area is 92.4 Å². The van der Waals surface area contributed by atoms with Crippen LogP contribution in [0.2, 0.25) is 0 Å². The van der Waals surface area contributed by atoms with Gasteiger partial charge < -0.3 is 14.5 Å². The van der Waals surface area contributed by atoms with Crippen LogP contribution in [0, 0.1) is 0 Å². The largest absolute Gasteiger partial charge is 0.353 e. The van der Waals surface area contributed by atoms with Crippen molar-refractivity contribution in [3.8, 4) is 0 Å². The van der Waals surface area contributed by atoms with Crippen molar-refractivity contribution in [1.82, 2.24) is 9.97 Å². The summed E-state index contributed by atoms with van der Waals surface area (Å²) in [6, 6.07) is 7.37. The fourth-order valence-corrected chi connectivity index (χ4v) is 1.57. The van der Waals surface area contributed by atoms with Crippen LogP contribution < -0.4 is 0 Å². The zero-order valence-corrected chi connectivity index (χ0v) is 9.11. The number of ether oxygens (including phenoxy) is 2. The molecule has 0 saturated heterocycles. The van der Waals surface area contributed by atoms with E-state index in [1.54, 1.807) is 0 Å². The maximum absolute atomic E-state index is 13.9. The third kappa shape index (κ3) is 1.91. The minimum atomic E-state index is -1.43. The Balaban J connectivity index is 2.32. The molecule has 1 heterocycles. The van der Waals surface area contributed by atoms with E-state index in [1.165, 1.54) is 14.2 Å². The predicted molar refractivity (Wildman–Crippen MR) is 57.7 cm³/mol. The number of H-pyrrole nitrogens is 1. The molecule has 5 heteroatoms. The van der Waals surface area contributed by atoms with E-state index >= 15 is 0 Å². The molecule has 1 aromatic heterocycles. The van der Waals surface area contributed by atoms with Crippen molar-refractivity contribution >= 4 is 11.0 Å². The molecule has 0 unspecified atom stereocenters. The number of benzene rings is 1. The van der Waals surface area contributed by atoms with E-state index in [1.807, 2.05) is 24.3 Å². The Morgan fingerprint density at radius 1 is 1.25 bits per heavy atom. The van der Waals surface area contributed by atoms with Crippen molar-refractivity contribution in [3.63, 3.8) is 0 Å². The molecule has 0 aliphatic heterocycles. The lowest BCUT2D eigenvalue weighted by molar-refractivity contribution is -0.146. The first-order chi connectivity index (χ1) is 7.76. The molecule has 2 aromatic rings. The molecule has 2 rings (SSSR count). The summed E-state index contributed by atoms with van der Waals surface area (Å²) in [5, 5.41) is 0.